The van der Waals surface area contributed by atoms with Gasteiger partial charge in [0.25, 0.3) is 0 Å². The minimum absolute atomic E-state index is 0.0609. The lowest BCUT2D eigenvalue weighted by Crippen LogP contribution is -2.24. The third-order valence-corrected chi connectivity index (χ3v) is 4.44. The molecule has 21 heavy (non-hydrogen) atoms. The van der Waals surface area contributed by atoms with Gasteiger partial charge >= 0.3 is 0 Å². The molecule has 108 valence electrons. The van der Waals surface area contributed by atoms with Crippen LogP contribution in [0.2, 0.25) is 10.0 Å². The quantitative estimate of drug-likeness (QED) is 0.888. The fourth-order valence-corrected chi connectivity index (χ4v) is 3.25. The number of carbonyl (C=O) groups excluding carboxylic acids is 1. The van der Waals surface area contributed by atoms with Gasteiger partial charge in [-0.05, 0) is 35.7 Å². The van der Waals surface area contributed by atoms with Crippen molar-refractivity contribution in [1.82, 2.24) is 0 Å². The number of anilines is 1. The number of Topliss-reactive ketones (excluding diaryl/α,β-unsaturated/α-hetero) is 1. The average Bonchev–Trinajstić information content (AvgIpc) is 2.49. The molecule has 1 atom stereocenters. The Labute approximate surface area is 134 Å². The van der Waals surface area contributed by atoms with E-state index in [9.17, 15) is 4.79 Å². The van der Waals surface area contributed by atoms with E-state index in [0.29, 0.717) is 16.5 Å². The maximum atomic E-state index is 12.6. The van der Waals surface area contributed by atoms with Crippen molar-refractivity contribution in [2.24, 2.45) is 0 Å². The van der Waals surface area contributed by atoms with E-state index >= 15 is 0 Å². The molecule has 1 aliphatic rings. The first-order valence-electron chi connectivity index (χ1n) is 6.94. The molecule has 0 spiro atoms. The van der Waals surface area contributed by atoms with Crippen LogP contribution in [-0.4, -0.2) is 12.3 Å². The average molecular weight is 320 g/mol. The zero-order chi connectivity index (χ0) is 14.8. The van der Waals surface area contributed by atoms with Crippen LogP contribution in [0.5, 0.6) is 0 Å². The highest BCUT2D eigenvalue weighted by Gasteiger charge is 2.26. The maximum Gasteiger partial charge on any atom is 0.144 e. The van der Waals surface area contributed by atoms with Gasteiger partial charge in [-0.15, -0.1) is 0 Å². The fourth-order valence-electron chi connectivity index (χ4n) is 2.78. The number of ketones is 1. The Morgan fingerprint density at radius 2 is 2.00 bits per heavy atom. The van der Waals surface area contributed by atoms with Gasteiger partial charge in [0.1, 0.15) is 5.78 Å². The zero-order valence-corrected chi connectivity index (χ0v) is 12.9. The van der Waals surface area contributed by atoms with E-state index in [4.69, 9.17) is 23.2 Å². The van der Waals surface area contributed by atoms with E-state index in [1.807, 2.05) is 30.3 Å². The first-order chi connectivity index (χ1) is 10.1. The van der Waals surface area contributed by atoms with Crippen molar-refractivity contribution in [2.45, 2.75) is 18.8 Å². The third kappa shape index (κ3) is 3.07. The molecule has 2 aromatic rings. The molecular weight excluding hydrogens is 305 g/mol. The molecular formula is C17H15Cl2NO. The van der Waals surface area contributed by atoms with Crippen LogP contribution in [0.4, 0.5) is 5.69 Å². The van der Waals surface area contributed by atoms with Crippen molar-refractivity contribution in [2.75, 3.05) is 11.9 Å². The molecule has 0 aromatic heterocycles. The summed E-state index contributed by atoms with van der Waals surface area (Å²) in [5, 5.41) is 4.47. The summed E-state index contributed by atoms with van der Waals surface area (Å²) in [4.78, 5) is 12.6. The van der Waals surface area contributed by atoms with Gasteiger partial charge in [0.15, 0.2) is 0 Å². The van der Waals surface area contributed by atoms with Gasteiger partial charge in [-0.3, -0.25) is 4.79 Å². The summed E-state index contributed by atoms with van der Waals surface area (Å²) >= 11 is 12.1. The Balaban J connectivity index is 1.83. The van der Waals surface area contributed by atoms with Gasteiger partial charge < -0.3 is 5.32 Å². The molecule has 2 aromatic carbocycles. The number of hydrogen-bond donors (Lipinski definition) is 1. The van der Waals surface area contributed by atoms with Crippen LogP contribution < -0.4 is 5.32 Å². The van der Waals surface area contributed by atoms with Crippen molar-refractivity contribution >= 4 is 34.7 Å². The molecule has 0 saturated carbocycles. The minimum atomic E-state index is -0.0609. The first-order valence-corrected chi connectivity index (χ1v) is 7.70. The maximum absolute atomic E-state index is 12.6. The molecule has 1 unspecified atom stereocenters. The summed E-state index contributed by atoms with van der Waals surface area (Å²) in [7, 11) is 0. The largest absolute Gasteiger partial charge is 0.385 e. The number of fused-ring (bicyclic) bond motifs is 1. The molecule has 2 nitrogen and oxygen atoms in total. The number of benzene rings is 2. The van der Waals surface area contributed by atoms with Crippen LogP contribution in [0.25, 0.3) is 0 Å². The van der Waals surface area contributed by atoms with E-state index in [0.717, 1.165) is 29.8 Å². The van der Waals surface area contributed by atoms with Gasteiger partial charge in [-0.25, -0.2) is 0 Å². The van der Waals surface area contributed by atoms with Gasteiger partial charge in [0.2, 0.25) is 0 Å². The molecule has 0 aliphatic carbocycles. The van der Waals surface area contributed by atoms with Crippen LogP contribution in [0, 0.1) is 0 Å². The second-order valence-corrected chi connectivity index (χ2v) is 6.08. The summed E-state index contributed by atoms with van der Waals surface area (Å²) in [5.41, 5.74) is 2.98. The second-order valence-electron chi connectivity index (χ2n) is 5.23. The standard InChI is InChI=1S/C17H15Cl2NO/c18-12-6-5-11(15(19)10-12)9-17(21)14-7-8-20-16-4-2-1-3-13(14)16/h1-6,10,14,20H,7-9H2. The monoisotopic (exact) mass is 319 g/mol. The number of nitrogens with one attached hydrogen (secondary N) is 1. The predicted octanol–water partition coefficient (Wildman–Crippen LogP) is 4.70. The number of para-hydroxylation sites is 1. The lowest BCUT2D eigenvalue weighted by Gasteiger charge is -2.25. The highest BCUT2D eigenvalue weighted by Crippen LogP contribution is 2.33. The van der Waals surface area contributed by atoms with Crippen LogP contribution in [-0.2, 0) is 11.2 Å². The Hall–Kier alpha value is -1.51. The van der Waals surface area contributed by atoms with E-state index in [1.165, 1.54) is 0 Å². The number of halogens is 2. The van der Waals surface area contributed by atoms with Crippen LogP contribution >= 0.6 is 23.2 Å². The molecule has 0 saturated heterocycles. The van der Waals surface area contributed by atoms with Gasteiger partial charge in [0, 0.05) is 34.6 Å². The third-order valence-electron chi connectivity index (χ3n) is 3.85. The van der Waals surface area contributed by atoms with Crippen molar-refractivity contribution in [3.05, 3.63) is 63.6 Å². The predicted molar refractivity (Wildman–Crippen MR) is 87.5 cm³/mol. The highest BCUT2D eigenvalue weighted by molar-refractivity contribution is 6.35. The lowest BCUT2D eigenvalue weighted by molar-refractivity contribution is -0.120. The Bertz CT molecular complexity index is 684. The zero-order valence-electron chi connectivity index (χ0n) is 11.4. The molecule has 4 heteroatoms. The molecule has 0 amide bonds. The van der Waals surface area contributed by atoms with E-state index in [2.05, 4.69) is 5.32 Å². The molecule has 0 radical (unpaired) electrons. The number of carbonyl (C=O) groups is 1. The smallest absolute Gasteiger partial charge is 0.144 e. The summed E-state index contributed by atoms with van der Waals surface area (Å²) in [6.45, 7) is 0.821. The van der Waals surface area contributed by atoms with Crippen LogP contribution in [0.15, 0.2) is 42.5 Å². The summed E-state index contributed by atoms with van der Waals surface area (Å²) < 4.78 is 0. The molecule has 1 aliphatic heterocycles. The molecule has 0 fully saturated rings. The van der Waals surface area contributed by atoms with E-state index < -0.39 is 0 Å². The second kappa shape index (κ2) is 6.08. The van der Waals surface area contributed by atoms with E-state index in [-0.39, 0.29) is 11.7 Å². The fraction of sp³-hybridized carbons (Fsp3) is 0.235. The number of rotatable bonds is 3. The lowest BCUT2D eigenvalue weighted by atomic mass is 9.85. The van der Waals surface area contributed by atoms with Gasteiger partial charge in [-0.1, -0.05) is 47.5 Å². The van der Waals surface area contributed by atoms with Gasteiger partial charge in [-0.2, -0.15) is 0 Å². The summed E-state index contributed by atoms with van der Waals surface area (Å²) in [6.07, 6.45) is 1.16. The summed E-state index contributed by atoms with van der Waals surface area (Å²) in [5.74, 6) is 0.141. The Morgan fingerprint density at radius 3 is 2.81 bits per heavy atom. The van der Waals surface area contributed by atoms with Crippen molar-refractivity contribution < 1.29 is 4.79 Å². The van der Waals surface area contributed by atoms with Crippen molar-refractivity contribution in [3.63, 3.8) is 0 Å². The molecule has 0 bridgehead atoms. The minimum Gasteiger partial charge on any atom is -0.385 e. The Kier molecular flexibility index (Phi) is 4.18. The van der Waals surface area contributed by atoms with Crippen molar-refractivity contribution in [1.29, 1.82) is 0 Å². The SMILES string of the molecule is O=C(Cc1ccc(Cl)cc1Cl)C1CCNc2ccccc21. The first kappa shape index (κ1) is 14.4. The molecule has 3 rings (SSSR count). The van der Waals surface area contributed by atoms with Crippen molar-refractivity contribution in [3.8, 4) is 0 Å². The normalized spacial score (nSPS) is 17.0. The van der Waals surface area contributed by atoms with Crippen LogP contribution in [0.3, 0.4) is 0 Å². The topological polar surface area (TPSA) is 29.1 Å². The Morgan fingerprint density at radius 1 is 1.19 bits per heavy atom. The molecule has 1 heterocycles. The van der Waals surface area contributed by atoms with E-state index in [1.54, 1.807) is 12.1 Å². The highest BCUT2D eigenvalue weighted by atomic mass is 35.5. The molecule has 1 N–H and O–H groups in total. The number of hydrogen-bond acceptors (Lipinski definition) is 2. The van der Waals surface area contributed by atoms with Gasteiger partial charge in [0.05, 0.1) is 0 Å². The van der Waals surface area contributed by atoms with Crippen LogP contribution in [0.1, 0.15) is 23.5 Å². The summed E-state index contributed by atoms with van der Waals surface area (Å²) in [6, 6.07) is 13.3.